The summed E-state index contributed by atoms with van der Waals surface area (Å²) in [7, 11) is 1.88. The van der Waals surface area contributed by atoms with Crippen molar-refractivity contribution in [1.29, 1.82) is 0 Å². The molecule has 2 aromatic heterocycles. The summed E-state index contributed by atoms with van der Waals surface area (Å²) >= 11 is 5.93. The van der Waals surface area contributed by atoms with Gasteiger partial charge in [-0.25, -0.2) is 0 Å². The van der Waals surface area contributed by atoms with Crippen LogP contribution in [0.25, 0.3) is 21.9 Å². The highest BCUT2D eigenvalue weighted by Gasteiger charge is 2.11. The van der Waals surface area contributed by atoms with Crippen molar-refractivity contribution in [3.05, 3.63) is 35.0 Å². The number of aromatic amines is 1. The molecule has 0 aliphatic rings. The monoisotopic (exact) mass is 232 g/mol. The smallest absolute Gasteiger partial charge is 0.166 e. The van der Waals surface area contributed by atoms with Crippen LogP contribution < -0.4 is 0 Å². The molecule has 0 spiro atoms. The van der Waals surface area contributed by atoms with Crippen LogP contribution in [0.2, 0.25) is 5.02 Å². The van der Waals surface area contributed by atoms with E-state index in [4.69, 9.17) is 11.6 Å². The van der Waals surface area contributed by atoms with Gasteiger partial charge in [0.1, 0.15) is 0 Å². The molecule has 0 aliphatic carbocycles. The first-order valence-corrected chi connectivity index (χ1v) is 5.30. The topological polar surface area (TPSA) is 37.8 Å². The normalized spacial score (nSPS) is 11.4. The van der Waals surface area contributed by atoms with Gasteiger partial charge in [0, 0.05) is 23.0 Å². The fourth-order valence-electron chi connectivity index (χ4n) is 2.13. The van der Waals surface area contributed by atoms with Crippen molar-refractivity contribution < 1.29 is 4.79 Å². The molecule has 0 unspecified atom stereocenters. The highest BCUT2D eigenvalue weighted by Crippen LogP contribution is 2.28. The van der Waals surface area contributed by atoms with Gasteiger partial charge in [0.15, 0.2) is 6.29 Å². The van der Waals surface area contributed by atoms with Gasteiger partial charge in [-0.15, -0.1) is 0 Å². The van der Waals surface area contributed by atoms with Crippen molar-refractivity contribution in [1.82, 2.24) is 9.55 Å². The molecular weight excluding hydrogens is 224 g/mol. The average molecular weight is 233 g/mol. The third-order valence-corrected chi connectivity index (χ3v) is 3.13. The Balaban J connectivity index is 2.51. The van der Waals surface area contributed by atoms with Gasteiger partial charge >= 0.3 is 0 Å². The lowest BCUT2D eigenvalue weighted by molar-refractivity contribution is 0.111. The van der Waals surface area contributed by atoms with E-state index in [1.807, 2.05) is 35.9 Å². The maximum absolute atomic E-state index is 10.8. The van der Waals surface area contributed by atoms with Crippen LogP contribution in [0.4, 0.5) is 0 Å². The second kappa shape index (κ2) is 3.12. The summed E-state index contributed by atoms with van der Waals surface area (Å²) in [6, 6.07) is 7.55. The molecule has 0 amide bonds. The molecule has 2 heterocycles. The van der Waals surface area contributed by atoms with Crippen LogP contribution >= 0.6 is 11.6 Å². The van der Waals surface area contributed by atoms with E-state index in [1.165, 1.54) is 0 Å². The van der Waals surface area contributed by atoms with E-state index in [2.05, 4.69) is 4.98 Å². The summed E-state index contributed by atoms with van der Waals surface area (Å²) in [5.41, 5.74) is 3.65. The number of nitrogens with one attached hydrogen (secondary N) is 1. The average Bonchev–Trinajstić information content (AvgIpc) is 2.75. The molecule has 3 aromatic rings. The van der Waals surface area contributed by atoms with E-state index in [0.717, 1.165) is 28.2 Å². The highest BCUT2D eigenvalue weighted by molar-refractivity contribution is 6.31. The Labute approximate surface area is 96.6 Å². The van der Waals surface area contributed by atoms with Crippen LogP contribution in [0, 0.1) is 0 Å². The molecule has 0 atom stereocenters. The van der Waals surface area contributed by atoms with E-state index in [0.29, 0.717) is 10.7 Å². The number of rotatable bonds is 1. The third kappa shape index (κ3) is 1.12. The van der Waals surface area contributed by atoms with Gasteiger partial charge in [0.05, 0.1) is 16.7 Å². The van der Waals surface area contributed by atoms with Crippen LogP contribution in [0.1, 0.15) is 10.5 Å². The van der Waals surface area contributed by atoms with Gasteiger partial charge in [-0.1, -0.05) is 11.6 Å². The van der Waals surface area contributed by atoms with Crippen molar-refractivity contribution in [2.24, 2.45) is 7.05 Å². The number of hydrogen-bond acceptors (Lipinski definition) is 1. The molecule has 0 fully saturated rings. The second-order valence-corrected chi connectivity index (χ2v) is 4.26. The molecule has 1 N–H and O–H groups in total. The molecule has 16 heavy (non-hydrogen) atoms. The molecule has 3 nitrogen and oxygen atoms in total. The summed E-state index contributed by atoms with van der Waals surface area (Å²) in [6.07, 6.45) is 0.857. The Morgan fingerprint density at radius 2 is 2.12 bits per heavy atom. The van der Waals surface area contributed by atoms with Gasteiger partial charge in [-0.05, 0) is 24.3 Å². The molecule has 0 bridgehead atoms. The number of carbonyl (C=O) groups excluding carboxylic acids is 1. The van der Waals surface area contributed by atoms with Crippen molar-refractivity contribution in [3.63, 3.8) is 0 Å². The zero-order valence-corrected chi connectivity index (χ0v) is 9.38. The Morgan fingerprint density at radius 1 is 1.31 bits per heavy atom. The van der Waals surface area contributed by atoms with Crippen molar-refractivity contribution in [2.75, 3.05) is 0 Å². The van der Waals surface area contributed by atoms with E-state index >= 15 is 0 Å². The molecule has 80 valence electrons. The third-order valence-electron chi connectivity index (χ3n) is 2.90. The van der Waals surface area contributed by atoms with Crippen LogP contribution in [0.3, 0.4) is 0 Å². The minimum atomic E-state index is 0.665. The van der Waals surface area contributed by atoms with Crippen LogP contribution in [0.5, 0.6) is 0 Å². The zero-order chi connectivity index (χ0) is 11.3. The quantitative estimate of drug-likeness (QED) is 0.643. The Morgan fingerprint density at radius 3 is 2.88 bits per heavy atom. The number of H-pyrrole nitrogens is 1. The Bertz CT molecular complexity index is 709. The first-order valence-electron chi connectivity index (χ1n) is 4.92. The first kappa shape index (κ1) is 9.48. The summed E-state index contributed by atoms with van der Waals surface area (Å²) in [4.78, 5) is 14.1. The summed E-state index contributed by atoms with van der Waals surface area (Å²) in [6.45, 7) is 0. The van der Waals surface area contributed by atoms with E-state index < -0.39 is 0 Å². The minimum absolute atomic E-state index is 0.665. The molecule has 3 rings (SSSR count). The maximum atomic E-state index is 10.8. The zero-order valence-electron chi connectivity index (χ0n) is 8.62. The van der Waals surface area contributed by atoms with Gasteiger partial charge in [-0.2, -0.15) is 0 Å². The SMILES string of the molecule is Cn1c(C=O)cc2[nH]c3cc(Cl)ccc3c21. The number of hydrogen-bond donors (Lipinski definition) is 1. The van der Waals surface area contributed by atoms with Crippen LogP contribution in [0.15, 0.2) is 24.3 Å². The van der Waals surface area contributed by atoms with Gasteiger partial charge in [-0.3, -0.25) is 4.79 Å². The largest absolute Gasteiger partial charge is 0.353 e. The maximum Gasteiger partial charge on any atom is 0.166 e. The standard InChI is InChI=1S/C12H9ClN2O/c1-15-8(6-16)5-11-12(15)9-3-2-7(13)4-10(9)14-11/h2-6,14H,1H3. The van der Waals surface area contributed by atoms with Gasteiger partial charge < -0.3 is 9.55 Å². The molecule has 0 saturated heterocycles. The Kier molecular flexibility index (Phi) is 1.85. The lowest BCUT2D eigenvalue weighted by Gasteiger charge is -1.97. The van der Waals surface area contributed by atoms with Crippen molar-refractivity contribution in [3.8, 4) is 0 Å². The van der Waals surface area contributed by atoms with Crippen molar-refractivity contribution >= 4 is 39.8 Å². The van der Waals surface area contributed by atoms with E-state index in [9.17, 15) is 4.79 Å². The molecule has 1 aromatic carbocycles. The lowest BCUT2D eigenvalue weighted by Crippen LogP contribution is -1.93. The molecule has 4 heteroatoms. The number of nitrogens with zero attached hydrogens (tertiary/aromatic N) is 1. The molecule has 0 radical (unpaired) electrons. The highest BCUT2D eigenvalue weighted by atomic mass is 35.5. The van der Waals surface area contributed by atoms with Crippen LogP contribution in [-0.4, -0.2) is 15.8 Å². The first-order chi connectivity index (χ1) is 7.70. The fraction of sp³-hybridized carbons (Fsp3) is 0.0833. The second-order valence-electron chi connectivity index (χ2n) is 3.82. The summed E-state index contributed by atoms with van der Waals surface area (Å²) < 4.78 is 1.88. The van der Waals surface area contributed by atoms with Crippen LogP contribution in [-0.2, 0) is 7.05 Å². The summed E-state index contributed by atoms with van der Waals surface area (Å²) in [5.74, 6) is 0. The van der Waals surface area contributed by atoms with Crippen molar-refractivity contribution in [2.45, 2.75) is 0 Å². The number of fused-ring (bicyclic) bond motifs is 3. The predicted molar refractivity (Wildman–Crippen MR) is 65.2 cm³/mol. The number of aryl methyl sites for hydroxylation is 1. The van der Waals surface area contributed by atoms with Gasteiger partial charge in [0.25, 0.3) is 0 Å². The number of aromatic nitrogens is 2. The molecular formula is C12H9ClN2O. The number of aldehydes is 1. The fourth-order valence-corrected chi connectivity index (χ4v) is 2.30. The molecule has 0 aliphatic heterocycles. The minimum Gasteiger partial charge on any atom is -0.353 e. The van der Waals surface area contributed by atoms with E-state index in [1.54, 1.807) is 0 Å². The molecule has 0 saturated carbocycles. The number of carbonyl (C=O) groups is 1. The van der Waals surface area contributed by atoms with Gasteiger partial charge in [0.2, 0.25) is 0 Å². The Hall–Kier alpha value is -1.74. The summed E-state index contributed by atoms with van der Waals surface area (Å²) in [5, 5.41) is 1.78. The van der Waals surface area contributed by atoms with E-state index in [-0.39, 0.29) is 0 Å². The number of benzene rings is 1. The lowest BCUT2D eigenvalue weighted by atomic mass is 10.2. The predicted octanol–water partition coefficient (Wildman–Crippen LogP) is 3.13. The number of halogens is 1.